The average molecular weight is 277 g/mol. The van der Waals surface area contributed by atoms with Crippen LogP contribution in [0.4, 0.5) is 0 Å². The van der Waals surface area contributed by atoms with Crippen molar-refractivity contribution in [1.29, 1.82) is 0 Å². The predicted octanol–water partition coefficient (Wildman–Crippen LogP) is 1.93. The zero-order valence-electron chi connectivity index (χ0n) is 12.4. The third-order valence-electron chi connectivity index (χ3n) is 4.84. The van der Waals surface area contributed by atoms with E-state index in [9.17, 15) is 4.79 Å². The van der Waals surface area contributed by atoms with Crippen molar-refractivity contribution in [1.82, 2.24) is 15.4 Å². The number of aromatic nitrogens is 1. The summed E-state index contributed by atoms with van der Waals surface area (Å²) in [7, 11) is 0. The lowest BCUT2D eigenvalue weighted by molar-refractivity contribution is -0.126. The van der Waals surface area contributed by atoms with Gasteiger partial charge in [-0.05, 0) is 39.5 Å². The van der Waals surface area contributed by atoms with Gasteiger partial charge in [-0.25, -0.2) is 0 Å². The number of hydrogen-bond donors (Lipinski definition) is 1. The number of amides is 1. The SMILES string of the molecule is Cc1noc(C)c1CN1CCC2(CCCC(=O)N2)CC1. The fraction of sp³-hybridized carbons (Fsp3) is 0.733. The number of piperidine rings is 2. The summed E-state index contributed by atoms with van der Waals surface area (Å²) in [5.74, 6) is 1.16. The van der Waals surface area contributed by atoms with Gasteiger partial charge in [0, 0.05) is 37.2 Å². The van der Waals surface area contributed by atoms with Gasteiger partial charge in [-0.2, -0.15) is 0 Å². The van der Waals surface area contributed by atoms with Crippen LogP contribution in [-0.4, -0.2) is 34.6 Å². The molecule has 5 nitrogen and oxygen atoms in total. The number of carbonyl (C=O) groups is 1. The standard InChI is InChI=1S/C15H23N3O2/c1-11-13(12(2)20-17-11)10-18-8-6-15(7-9-18)5-3-4-14(19)16-15/h3-10H2,1-2H3,(H,16,19). The maximum absolute atomic E-state index is 11.6. The Morgan fingerprint density at radius 2 is 2.05 bits per heavy atom. The van der Waals surface area contributed by atoms with E-state index in [0.717, 1.165) is 56.8 Å². The van der Waals surface area contributed by atoms with Gasteiger partial charge in [0.15, 0.2) is 0 Å². The minimum atomic E-state index is 0.0740. The third kappa shape index (κ3) is 2.59. The molecule has 2 saturated heterocycles. The quantitative estimate of drug-likeness (QED) is 0.897. The first kappa shape index (κ1) is 13.6. The predicted molar refractivity (Wildman–Crippen MR) is 75.2 cm³/mol. The minimum absolute atomic E-state index is 0.0740. The van der Waals surface area contributed by atoms with Gasteiger partial charge in [0.2, 0.25) is 5.91 Å². The van der Waals surface area contributed by atoms with E-state index in [1.54, 1.807) is 0 Å². The molecule has 1 spiro atoms. The molecule has 1 amide bonds. The van der Waals surface area contributed by atoms with Crippen LogP contribution >= 0.6 is 0 Å². The molecule has 0 radical (unpaired) electrons. The lowest BCUT2D eigenvalue weighted by Gasteiger charge is -2.44. The van der Waals surface area contributed by atoms with Crippen molar-refractivity contribution in [2.75, 3.05) is 13.1 Å². The van der Waals surface area contributed by atoms with Crippen LogP contribution in [0.1, 0.15) is 49.1 Å². The molecule has 1 aromatic rings. The maximum Gasteiger partial charge on any atom is 0.220 e. The molecule has 0 bridgehead atoms. The maximum atomic E-state index is 11.6. The van der Waals surface area contributed by atoms with Crippen molar-refractivity contribution in [3.8, 4) is 0 Å². The summed E-state index contributed by atoms with van der Waals surface area (Å²) in [4.78, 5) is 14.1. The third-order valence-corrected chi connectivity index (χ3v) is 4.84. The Balaban J connectivity index is 1.60. The average Bonchev–Trinajstić information content (AvgIpc) is 2.73. The first-order valence-electron chi connectivity index (χ1n) is 7.53. The number of carbonyl (C=O) groups excluding carboxylic acids is 1. The van der Waals surface area contributed by atoms with Crippen LogP contribution in [0, 0.1) is 13.8 Å². The molecule has 0 atom stereocenters. The molecule has 1 aromatic heterocycles. The second-order valence-corrected chi connectivity index (χ2v) is 6.26. The molecule has 3 rings (SSSR count). The minimum Gasteiger partial charge on any atom is -0.361 e. The molecule has 5 heteroatoms. The normalized spacial score (nSPS) is 23.0. The Bertz CT molecular complexity index is 482. The molecule has 2 aliphatic rings. The summed E-state index contributed by atoms with van der Waals surface area (Å²) < 4.78 is 5.23. The molecule has 0 aliphatic carbocycles. The number of aryl methyl sites for hydroxylation is 2. The molecule has 0 saturated carbocycles. The van der Waals surface area contributed by atoms with Crippen molar-refractivity contribution >= 4 is 5.91 Å². The second-order valence-electron chi connectivity index (χ2n) is 6.26. The summed E-state index contributed by atoms with van der Waals surface area (Å²) in [5.41, 5.74) is 2.28. The van der Waals surface area contributed by atoms with Crippen molar-refractivity contribution in [3.63, 3.8) is 0 Å². The van der Waals surface area contributed by atoms with Gasteiger partial charge < -0.3 is 9.84 Å². The van der Waals surface area contributed by atoms with Gasteiger partial charge in [0.05, 0.1) is 5.69 Å². The highest BCUT2D eigenvalue weighted by Gasteiger charge is 2.38. The zero-order valence-corrected chi connectivity index (χ0v) is 12.4. The lowest BCUT2D eigenvalue weighted by atomic mass is 9.80. The van der Waals surface area contributed by atoms with Crippen molar-refractivity contribution in [3.05, 3.63) is 17.0 Å². The highest BCUT2D eigenvalue weighted by atomic mass is 16.5. The first-order valence-corrected chi connectivity index (χ1v) is 7.53. The summed E-state index contributed by atoms with van der Waals surface area (Å²) >= 11 is 0. The van der Waals surface area contributed by atoms with Crippen molar-refractivity contribution in [2.45, 2.75) is 58.0 Å². The monoisotopic (exact) mass is 277 g/mol. The van der Waals surface area contributed by atoms with Gasteiger partial charge in [-0.3, -0.25) is 9.69 Å². The Hall–Kier alpha value is -1.36. The lowest BCUT2D eigenvalue weighted by Crippen LogP contribution is -2.57. The Labute approximate surface area is 119 Å². The molecule has 0 aromatic carbocycles. The zero-order chi connectivity index (χ0) is 14.2. The number of hydrogen-bond acceptors (Lipinski definition) is 4. The van der Waals surface area contributed by atoms with Gasteiger partial charge in [0.25, 0.3) is 0 Å². The molecule has 20 heavy (non-hydrogen) atoms. The number of nitrogens with zero attached hydrogens (tertiary/aromatic N) is 2. The Kier molecular flexibility index (Phi) is 3.54. The summed E-state index contributed by atoms with van der Waals surface area (Å²) in [6.07, 6.45) is 4.99. The van der Waals surface area contributed by atoms with E-state index in [4.69, 9.17) is 4.52 Å². The second kappa shape index (κ2) is 5.20. The molecule has 0 unspecified atom stereocenters. The smallest absolute Gasteiger partial charge is 0.220 e. The Morgan fingerprint density at radius 1 is 1.30 bits per heavy atom. The summed E-state index contributed by atoms with van der Waals surface area (Å²) in [6, 6.07) is 0. The van der Waals surface area contributed by atoms with E-state index < -0.39 is 0 Å². The van der Waals surface area contributed by atoms with E-state index >= 15 is 0 Å². The van der Waals surface area contributed by atoms with E-state index in [-0.39, 0.29) is 11.4 Å². The number of rotatable bonds is 2. The number of nitrogens with one attached hydrogen (secondary N) is 1. The van der Waals surface area contributed by atoms with Gasteiger partial charge in [0.1, 0.15) is 5.76 Å². The molecule has 110 valence electrons. The van der Waals surface area contributed by atoms with Gasteiger partial charge in [-0.15, -0.1) is 0 Å². The van der Waals surface area contributed by atoms with Crippen molar-refractivity contribution < 1.29 is 9.32 Å². The molecule has 1 N–H and O–H groups in total. The molecule has 3 heterocycles. The highest BCUT2D eigenvalue weighted by Crippen LogP contribution is 2.31. The van der Waals surface area contributed by atoms with E-state index in [2.05, 4.69) is 15.4 Å². The molecular weight excluding hydrogens is 254 g/mol. The van der Waals surface area contributed by atoms with Crippen LogP contribution in [0.2, 0.25) is 0 Å². The number of likely N-dealkylation sites (tertiary alicyclic amines) is 1. The van der Waals surface area contributed by atoms with Crippen LogP contribution in [0.3, 0.4) is 0 Å². The summed E-state index contributed by atoms with van der Waals surface area (Å²) in [6.45, 7) is 6.95. The van der Waals surface area contributed by atoms with Crippen LogP contribution in [0.25, 0.3) is 0 Å². The largest absolute Gasteiger partial charge is 0.361 e. The van der Waals surface area contributed by atoms with Gasteiger partial charge in [-0.1, -0.05) is 5.16 Å². The Morgan fingerprint density at radius 3 is 2.65 bits per heavy atom. The van der Waals surface area contributed by atoms with E-state index in [1.165, 1.54) is 5.56 Å². The van der Waals surface area contributed by atoms with Crippen molar-refractivity contribution in [2.24, 2.45) is 0 Å². The van der Waals surface area contributed by atoms with Crippen LogP contribution in [0.5, 0.6) is 0 Å². The van der Waals surface area contributed by atoms with E-state index in [1.807, 2.05) is 13.8 Å². The molecule has 2 fully saturated rings. The molecular formula is C15H23N3O2. The molecule has 2 aliphatic heterocycles. The van der Waals surface area contributed by atoms with E-state index in [0.29, 0.717) is 6.42 Å². The van der Waals surface area contributed by atoms with Crippen LogP contribution in [-0.2, 0) is 11.3 Å². The van der Waals surface area contributed by atoms with Crippen LogP contribution < -0.4 is 5.32 Å². The topological polar surface area (TPSA) is 58.4 Å². The first-order chi connectivity index (χ1) is 9.58. The fourth-order valence-corrected chi connectivity index (χ4v) is 3.47. The fourth-order valence-electron chi connectivity index (χ4n) is 3.47. The van der Waals surface area contributed by atoms with Crippen LogP contribution in [0.15, 0.2) is 4.52 Å². The highest BCUT2D eigenvalue weighted by molar-refractivity contribution is 5.77. The van der Waals surface area contributed by atoms with Gasteiger partial charge >= 0.3 is 0 Å². The summed E-state index contributed by atoms with van der Waals surface area (Å²) in [5, 5.41) is 7.25.